The van der Waals surface area contributed by atoms with E-state index in [1.807, 2.05) is 11.6 Å². The Hall–Kier alpha value is -0.620. The van der Waals surface area contributed by atoms with Crippen LogP contribution in [0.5, 0.6) is 0 Å². The van der Waals surface area contributed by atoms with Crippen LogP contribution in [0, 0.1) is 0 Å². The Morgan fingerprint density at radius 2 is 2.05 bits per heavy atom. The number of nitrogens with one attached hydrogen (secondary N) is 1. The number of rotatable bonds is 10. The first-order chi connectivity index (χ1) is 10.1. The minimum Gasteiger partial charge on any atom is -0.377 e. The summed E-state index contributed by atoms with van der Waals surface area (Å²) >= 11 is 6.48. The molecule has 0 aliphatic rings. The van der Waals surface area contributed by atoms with Gasteiger partial charge in [-0.15, -0.1) is 0 Å². The van der Waals surface area contributed by atoms with Gasteiger partial charge in [0.1, 0.15) is 0 Å². The predicted octanol–water partition coefficient (Wildman–Crippen LogP) is 2.70. The first-order valence-corrected chi connectivity index (χ1v) is 8.32. The van der Waals surface area contributed by atoms with Gasteiger partial charge in [0, 0.05) is 19.6 Å². The van der Waals surface area contributed by atoms with Crippen molar-refractivity contribution in [2.75, 3.05) is 6.61 Å². The van der Waals surface area contributed by atoms with E-state index in [0.29, 0.717) is 6.61 Å². The first kappa shape index (κ1) is 18.4. The topological polar surface area (TPSA) is 65.1 Å². The van der Waals surface area contributed by atoms with E-state index in [9.17, 15) is 0 Å². The Bertz CT molecular complexity index is 416. The molecule has 2 unspecified atom stereocenters. The van der Waals surface area contributed by atoms with Gasteiger partial charge in [0.25, 0.3) is 0 Å². The fourth-order valence-electron chi connectivity index (χ4n) is 2.62. The molecular formula is C15H29ClN4O. The number of hydrogen-bond acceptors (Lipinski definition) is 4. The van der Waals surface area contributed by atoms with Crippen LogP contribution in [0.1, 0.15) is 51.9 Å². The van der Waals surface area contributed by atoms with Gasteiger partial charge in [0.2, 0.25) is 0 Å². The van der Waals surface area contributed by atoms with Crippen LogP contribution in [-0.2, 0) is 24.1 Å². The number of nitrogens with two attached hydrogens (primary N) is 1. The highest BCUT2D eigenvalue weighted by molar-refractivity contribution is 6.31. The van der Waals surface area contributed by atoms with Crippen molar-refractivity contribution in [3.05, 3.63) is 16.4 Å². The van der Waals surface area contributed by atoms with Gasteiger partial charge in [0.05, 0.1) is 28.6 Å². The predicted molar refractivity (Wildman–Crippen MR) is 87.4 cm³/mol. The maximum absolute atomic E-state index is 6.48. The third kappa shape index (κ3) is 4.68. The van der Waals surface area contributed by atoms with Crippen molar-refractivity contribution < 1.29 is 4.74 Å². The Kier molecular flexibility index (Phi) is 8.26. The van der Waals surface area contributed by atoms with E-state index in [1.54, 1.807) is 0 Å². The van der Waals surface area contributed by atoms with E-state index < -0.39 is 0 Å². The molecule has 0 amide bonds. The monoisotopic (exact) mass is 316 g/mol. The highest BCUT2D eigenvalue weighted by atomic mass is 35.5. The molecule has 6 heteroatoms. The zero-order chi connectivity index (χ0) is 15.8. The molecule has 0 fully saturated rings. The Balaban J connectivity index is 2.96. The first-order valence-electron chi connectivity index (χ1n) is 7.94. The van der Waals surface area contributed by atoms with Gasteiger partial charge in [-0.3, -0.25) is 16.0 Å². The molecule has 1 rings (SSSR count). The molecule has 0 aliphatic carbocycles. The molecule has 0 saturated carbocycles. The van der Waals surface area contributed by atoms with Gasteiger partial charge >= 0.3 is 0 Å². The lowest BCUT2D eigenvalue weighted by Crippen LogP contribution is -2.47. The molecule has 0 bridgehead atoms. The Morgan fingerprint density at radius 3 is 2.52 bits per heavy atom. The minimum absolute atomic E-state index is 0.0362. The standard InChI is InChI=1S/C15H29ClN4O/c1-5-9-14(21-8-4)12(18-17)10-13-15(16)11(6-2)19-20(13)7-3/h12,14,18H,5-10,17H2,1-4H3. The average Bonchev–Trinajstić information content (AvgIpc) is 2.80. The van der Waals surface area contributed by atoms with E-state index in [0.717, 1.165) is 48.6 Å². The molecule has 122 valence electrons. The Morgan fingerprint density at radius 1 is 1.33 bits per heavy atom. The summed E-state index contributed by atoms with van der Waals surface area (Å²) in [5.74, 6) is 5.76. The van der Waals surface area contributed by atoms with E-state index in [4.69, 9.17) is 22.2 Å². The van der Waals surface area contributed by atoms with Crippen molar-refractivity contribution in [3.8, 4) is 0 Å². The summed E-state index contributed by atoms with van der Waals surface area (Å²) < 4.78 is 7.81. The maximum Gasteiger partial charge on any atom is 0.0850 e. The van der Waals surface area contributed by atoms with Crippen LogP contribution in [0.4, 0.5) is 0 Å². The van der Waals surface area contributed by atoms with E-state index in [1.165, 1.54) is 0 Å². The molecule has 0 aliphatic heterocycles. The molecule has 1 aromatic heterocycles. The maximum atomic E-state index is 6.48. The lowest BCUT2D eigenvalue weighted by molar-refractivity contribution is 0.0277. The number of hydrazine groups is 1. The van der Waals surface area contributed by atoms with Crippen LogP contribution in [0.2, 0.25) is 5.02 Å². The largest absolute Gasteiger partial charge is 0.377 e. The number of ether oxygens (including phenoxy) is 1. The van der Waals surface area contributed by atoms with E-state index in [-0.39, 0.29) is 12.1 Å². The molecule has 21 heavy (non-hydrogen) atoms. The lowest BCUT2D eigenvalue weighted by atomic mass is 10.0. The molecule has 0 radical (unpaired) electrons. The van der Waals surface area contributed by atoms with Crippen LogP contribution < -0.4 is 11.3 Å². The highest BCUT2D eigenvalue weighted by Crippen LogP contribution is 2.24. The summed E-state index contributed by atoms with van der Waals surface area (Å²) in [5, 5.41) is 5.33. The minimum atomic E-state index is 0.0362. The molecule has 0 saturated heterocycles. The third-order valence-corrected chi connectivity index (χ3v) is 4.16. The summed E-state index contributed by atoms with van der Waals surface area (Å²) in [4.78, 5) is 0. The SMILES string of the molecule is CCCC(OCC)C(Cc1c(Cl)c(CC)nn1CC)NN. The fourth-order valence-corrected chi connectivity index (χ4v) is 2.96. The van der Waals surface area contributed by atoms with Gasteiger partial charge in [0.15, 0.2) is 0 Å². The van der Waals surface area contributed by atoms with Crippen LogP contribution in [-0.4, -0.2) is 28.5 Å². The summed E-state index contributed by atoms with van der Waals surface area (Å²) in [6.07, 6.45) is 3.68. The molecule has 0 spiro atoms. The van der Waals surface area contributed by atoms with Crippen molar-refractivity contribution in [1.82, 2.24) is 15.2 Å². The summed E-state index contributed by atoms with van der Waals surface area (Å²) in [6.45, 7) is 9.79. The van der Waals surface area contributed by atoms with Crippen molar-refractivity contribution in [3.63, 3.8) is 0 Å². The second kappa shape index (κ2) is 9.41. The van der Waals surface area contributed by atoms with Crippen molar-refractivity contribution in [2.24, 2.45) is 5.84 Å². The second-order valence-electron chi connectivity index (χ2n) is 5.14. The molecular weight excluding hydrogens is 288 g/mol. The highest BCUT2D eigenvalue weighted by Gasteiger charge is 2.24. The lowest BCUT2D eigenvalue weighted by Gasteiger charge is -2.26. The summed E-state index contributed by atoms with van der Waals surface area (Å²) in [7, 11) is 0. The van der Waals surface area contributed by atoms with Gasteiger partial charge in [-0.2, -0.15) is 5.10 Å². The number of aryl methyl sites for hydroxylation is 2. The van der Waals surface area contributed by atoms with Gasteiger partial charge in [-0.25, -0.2) is 0 Å². The third-order valence-electron chi connectivity index (χ3n) is 3.72. The van der Waals surface area contributed by atoms with Crippen LogP contribution >= 0.6 is 11.6 Å². The summed E-state index contributed by atoms with van der Waals surface area (Å²) in [6, 6.07) is 0.0362. The molecule has 2 atom stereocenters. The smallest absolute Gasteiger partial charge is 0.0850 e. The molecule has 1 aromatic rings. The number of aromatic nitrogens is 2. The molecule has 0 aromatic carbocycles. The Labute approximate surface area is 133 Å². The van der Waals surface area contributed by atoms with Gasteiger partial charge < -0.3 is 4.74 Å². The number of halogens is 1. The van der Waals surface area contributed by atoms with Crippen LogP contribution in [0.3, 0.4) is 0 Å². The van der Waals surface area contributed by atoms with E-state index >= 15 is 0 Å². The fraction of sp³-hybridized carbons (Fsp3) is 0.800. The number of hydrogen-bond donors (Lipinski definition) is 2. The molecule has 1 heterocycles. The van der Waals surface area contributed by atoms with Crippen molar-refractivity contribution >= 4 is 11.6 Å². The number of nitrogens with zero attached hydrogens (tertiary/aromatic N) is 2. The van der Waals surface area contributed by atoms with Crippen LogP contribution in [0.15, 0.2) is 0 Å². The average molecular weight is 317 g/mol. The second-order valence-corrected chi connectivity index (χ2v) is 5.51. The van der Waals surface area contributed by atoms with Gasteiger partial charge in [-0.1, -0.05) is 31.9 Å². The van der Waals surface area contributed by atoms with Crippen molar-refractivity contribution in [1.29, 1.82) is 0 Å². The molecule has 5 nitrogen and oxygen atoms in total. The molecule has 3 N–H and O–H groups in total. The van der Waals surface area contributed by atoms with Crippen molar-refractivity contribution in [2.45, 2.75) is 72.1 Å². The van der Waals surface area contributed by atoms with Gasteiger partial charge in [-0.05, 0) is 26.7 Å². The van der Waals surface area contributed by atoms with E-state index in [2.05, 4.69) is 31.3 Å². The summed E-state index contributed by atoms with van der Waals surface area (Å²) in [5.41, 5.74) is 4.89. The zero-order valence-corrected chi connectivity index (χ0v) is 14.4. The van der Waals surface area contributed by atoms with Crippen LogP contribution in [0.25, 0.3) is 0 Å². The zero-order valence-electron chi connectivity index (χ0n) is 13.7. The normalized spacial score (nSPS) is 14.4. The quantitative estimate of drug-likeness (QED) is 0.514.